The maximum atomic E-state index is 12.6. The van der Waals surface area contributed by atoms with Crippen LogP contribution in [0.5, 0.6) is 0 Å². The molecule has 0 amide bonds. The van der Waals surface area contributed by atoms with Crippen LogP contribution in [0.4, 0.5) is 0 Å². The number of hydrogen-bond donors (Lipinski definition) is 0. The highest BCUT2D eigenvalue weighted by Crippen LogP contribution is 2.13. The molecule has 0 bridgehead atoms. The van der Waals surface area contributed by atoms with Gasteiger partial charge in [-0.05, 0) is 70.6 Å². The number of esters is 2. The van der Waals surface area contributed by atoms with Gasteiger partial charge < -0.3 is 14.2 Å². The molecule has 1 unspecified atom stereocenters. The molecule has 0 aliphatic heterocycles. The topological polar surface area (TPSA) is 61.8 Å². The summed E-state index contributed by atoms with van der Waals surface area (Å²) in [4.78, 5) is 25.1. The second-order valence-corrected chi connectivity index (χ2v) is 14.2. The number of unbranched alkanes of at least 4 members (excludes halogenated alkanes) is 22. The molecule has 0 radical (unpaired) electrons. The Morgan fingerprint density at radius 2 is 0.880 bits per heavy atom. The minimum Gasteiger partial charge on any atom is -0.462 e. The Morgan fingerprint density at radius 3 is 1.42 bits per heavy atom. The van der Waals surface area contributed by atoms with Crippen LogP contribution in [0.3, 0.4) is 0 Å². The third-order valence-electron chi connectivity index (χ3n) is 9.13. The largest absolute Gasteiger partial charge is 0.462 e. The van der Waals surface area contributed by atoms with Crippen molar-refractivity contribution in [3.63, 3.8) is 0 Å². The van der Waals surface area contributed by atoms with E-state index in [-0.39, 0.29) is 25.2 Å². The van der Waals surface area contributed by atoms with E-state index in [9.17, 15) is 9.59 Å². The van der Waals surface area contributed by atoms with Crippen LogP contribution in [-0.4, -0.2) is 37.9 Å². The van der Waals surface area contributed by atoms with Gasteiger partial charge >= 0.3 is 11.9 Å². The lowest BCUT2D eigenvalue weighted by atomic mass is 10.1. The van der Waals surface area contributed by atoms with Gasteiger partial charge in [-0.2, -0.15) is 0 Å². The molecular formula is C45H82O5. The second-order valence-electron chi connectivity index (χ2n) is 14.2. The van der Waals surface area contributed by atoms with Crippen molar-refractivity contribution < 1.29 is 23.8 Å². The first kappa shape index (κ1) is 48.1. The van der Waals surface area contributed by atoms with Crippen molar-refractivity contribution in [2.75, 3.05) is 19.8 Å². The van der Waals surface area contributed by atoms with E-state index < -0.39 is 6.10 Å². The summed E-state index contributed by atoms with van der Waals surface area (Å²) in [6.45, 7) is 7.70. The van der Waals surface area contributed by atoms with Crippen LogP contribution in [0.15, 0.2) is 36.5 Å². The van der Waals surface area contributed by atoms with Gasteiger partial charge in [-0.3, -0.25) is 9.59 Å². The molecule has 0 rings (SSSR count). The molecule has 0 heterocycles. The van der Waals surface area contributed by atoms with E-state index in [1.54, 1.807) is 0 Å². The minimum atomic E-state index is -0.538. The zero-order valence-corrected chi connectivity index (χ0v) is 33.4. The molecule has 0 aliphatic rings. The number of carbonyl (C=O) groups is 2. The fourth-order valence-electron chi connectivity index (χ4n) is 5.89. The van der Waals surface area contributed by atoms with Gasteiger partial charge in [0.25, 0.3) is 0 Å². The summed E-state index contributed by atoms with van der Waals surface area (Å²) in [5, 5.41) is 0. The quantitative estimate of drug-likeness (QED) is 0.0362. The van der Waals surface area contributed by atoms with E-state index in [1.165, 1.54) is 109 Å². The Kier molecular flexibility index (Phi) is 40.0. The van der Waals surface area contributed by atoms with Gasteiger partial charge in [0.2, 0.25) is 0 Å². The first-order valence-corrected chi connectivity index (χ1v) is 21.5. The molecule has 5 heteroatoms. The first-order valence-electron chi connectivity index (χ1n) is 21.5. The van der Waals surface area contributed by atoms with E-state index in [4.69, 9.17) is 14.2 Å². The number of carbonyl (C=O) groups excluding carboxylic acids is 2. The van der Waals surface area contributed by atoms with Gasteiger partial charge in [0.05, 0.1) is 6.61 Å². The third kappa shape index (κ3) is 38.9. The summed E-state index contributed by atoms with van der Waals surface area (Å²) in [6, 6.07) is 0. The molecule has 0 spiro atoms. The van der Waals surface area contributed by atoms with Crippen molar-refractivity contribution in [1.82, 2.24) is 0 Å². The van der Waals surface area contributed by atoms with Crippen LogP contribution in [0.2, 0.25) is 0 Å². The SMILES string of the molecule is CCC/C=C\C/C=C\CCCCCCCC(=O)OC(COCCCCCCCC)COC(=O)CCCCCCC/C=C\CCCCCCCC. The lowest BCUT2D eigenvalue weighted by molar-refractivity contribution is -0.163. The molecular weight excluding hydrogens is 620 g/mol. The molecule has 0 N–H and O–H groups in total. The lowest BCUT2D eigenvalue weighted by Gasteiger charge is -2.18. The fraction of sp³-hybridized carbons (Fsp3) is 0.822. The van der Waals surface area contributed by atoms with Crippen molar-refractivity contribution in [2.24, 2.45) is 0 Å². The average molecular weight is 703 g/mol. The van der Waals surface area contributed by atoms with Gasteiger partial charge in [0.15, 0.2) is 6.10 Å². The van der Waals surface area contributed by atoms with Crippen LogP contribution in [0.1, 0.15) is 213 Å². The lowest BCUT2D eigenvalue weighted by Crippen LogP contribution is -2.30. The van der Waals surface area contributed by atoms with E-state index in [2.05, 4.69) is 57.2 Å². The molecule has 0 aromatic rings. The predicted molar refractivity (Wildman–Crippen MR) is 215 cm³/mol. The van der Waals surface area contributed by atoms with Crippen LogP contribution >= 0.6 is 0 Å². The van der Waals surface area contributed by atoms with Crippen molar-refractivity contribution in [2.45, 2.75) is 219 Å². The Balaban J connectivity index is 4.16. The summed E-state index contributed by atoms with van der Waals surface area (Å²) in [5.41, 5.74) is 0. The highest BCUT2D eigenvalue weighted by atomic mass is 16.6. The number of hydrogen-bond acceptors (Lipinski definition) is 5. The average Bonchev–Trinajstić information content (AvgIpc) is 3.11. The zero-order chi connectivity index (χ0) is 36.4. The summed E-state index contributed by atoms with van der Waals surface area (Å²) in [7, 11) is 0. The molecule has 0 saturated heterocycles. The van der Waals surface area contributed by atoms with Crippen LogP contribution in [0.25, 0.3) is 0 Å². The number of ether oxygens (including phenoxy) is 3. The molecule has 0 aliphatic carbocycles. The van der Waals surface area contributed by atoms with Crippen molar-refractivity contribution in [3.8, 4) is 0 Å². The molecule has 0 saturated carbocycles. The highest BCUT2D eigenvalue weighted by Gasteiger charge is 2.17. The Bertz CT molecular complexity index is 801. The normalized spacial score (nSPS) is 12.5. The Hall–Kier alpha value is -1.88. The van der Waals surface area contributed by atoms with E-state index in [1.807, 2.05) is 0 Å². The molecule has 5 nitrogen and oxygen atoms in total. The van der Waals surface area contributed by atoms with Crippen LogP contribution < -0.4 is 0 Å². The molecule has 0 aromatic heterocycles. The minimum absolute atomic E-state index is 0.0774. The molecule has 0 aromatic carbocycles. The Labute approximate surface area is 310 Å². The van der Waals surface area contributed by atoms with E-state index in [0.717, 1.165) is 70.6 Å². The van der Waals surface area contributed by atoms with Crippen molar-refractivity contribution >= 4 is 11.9 Å². The summed E-state index contributed by atoms with van der Waals surface area (Å²) < 4.78 is 17.2. The third-order valence-corrected chi connectivity index (χ3v) is 9.13. The van der Waals surface area contributed by atoms with E-state index >= 15 is 0 Å². The van der Waals surface area contributed by atoms with Gasteiger partial charge in [-0.1, -0.05) is 166 Å². The van der Waals surface area contributed by atoms with Crippen molar-refractivity contribution in [3.05, 3.63) is 36.5 Å². The molecule has 1 atom stereocenters. The molecule has 50 heavy (non-hydrogen) atoms. The first-order chi connectivity index (χ1) is 24.6. The zero-order valence-electron chi connectivity index (χ0n) is 33.4. The van der Waals surface area contributed by atoms with Gasteiger partial charge in [0, 0.05) is 19.4 Å². The standard InChI is InChI=1S/C45H82O5/c1-4-7-10-13-16-18-20-22-23-25-26-28-30-32-35-38-44(46)49-42-43(41-48-40-37-34-15-12-9-6-3)50-45(47)39-36-33-31-29-27-24-21-19-17-14-11-8-5-2/h11,14,19,21-23,43H,4-10,12-13,15-18,20,24-42H2,1-3H3/b14-11-,21-19-,23-22-. The summed E-state index contributed by atoms with van der Waals surface area (Å²) in [6.07, 6.45) is 47.1. The maximum absolute atomic E-state index is 12.6. The number of rotatable bonds is 39. The van der Waals surface area contributed by atoms with Crippen LogP contribution in [-0.2, 0) is 23.8 Å². The highest BCUT2D eigenvalue weighted by molar-refractivity contribution is 5.70. The maximum Gasteiger partial charge on any atom is 0.306 e. The predicted octanol–water partition coefficient (Wildman–Crippen LogP) is 13.9. The van der Waals surface area contributed by atoms with Crippen molar-refractivity contribution in [1.29, 1.82) is 0 Å². The molecule has 0 fully saturated rings. The second kappa shape index (κ2) is 41.5. The van der Waals surface area contributed by atoms with E-state index in [0.29, 0.717) is 19.4 Å². The van der Waals surface area contributed by atoms with Gasteiger partial charge in [-0.25, -0.2) is 0 Å². The van der Waals surface area contributed by atoms with Crippen LogP contribution in [0, 0.1) is 0 Å². The summed E-state index contributed by atoms with van der Waals surface area (Å²) in [5.74, 6) is -0.423. The van der Waals surface area contributed by atoms with Gasteiger partial charge in [-0.15, -0.1) is 0 Å². The number of allylic oxidation sites excluding steroid dienone is 6. The smallest absolute Gasteiger partial charge is 0.306 e. The van der Waals surface area contributed by atoms with Gasteiger partial charge in [0.1, 0.15) is 6.61 Å². The summed E-state index contributed by atoms with van der Waals surface area (Å²) >= 11 is 0. The molecule has 292 valence electrons. The Morgan fingerprint density at radius 1 is 0.440 bits per heavy atom. The fourth-order valence-corrected chi connectivity index (χ4v) is 5.89. The monoisotopic (exact) mass is 703 g/mol.